The Labute approximate surface area is 180 Å². The molecular formula is C21H24N6O3S. The molecule has 0 saturated heterocycles. The van der Waals surface area contributed by atoms with Crippen molar-refractivity contribution in [3.05, 3.63) is 47.9 Å². The first-order valence-electron chi connectivity index (χ1n) is 10.4. The second-order valence-corrected chi connectivity index (χ2v) is 9.72. The van der Waals surface area contributed by atoms with E-state index in [0.29, 0.717) is 18.4 Å². The fourth-order valence-corrected chi connectivity index (χ4v) is 4.56. The summed E-state index contributed by atoms with van der Waals surface area (Å²) in [5.74, 6) is 0.817. The van der Waals surface area contributed by atoms with E-state index in [1.807, 2.05) is 36.0 Å². The maximum absolute atomic E-state index is 12.3. The van der Waals surface area contributed by atoms with Gasteiger partial charge in [0.25, 0.3) is 5.91 Å². The van der Waals surface area contributed by atoms with Gasteiger partial charge in [-0.2, -0.15) is 18.2 Å². The van der Waals surface area contributed by atoms with Crippen LogP contribution in [0.4, 0.5) is 0 Å². The summed E-state index contributed by atoms with van der Waals surface area (Å²) >= 11 is 0. The van der Waals surface area contributed by atoms with Gasteiger partial charge in [0.2, 0.25) is 0 Å². The SMILES string of the molecule is Cn1nc(C2CC2)c(/C=C/C(=O)NS(=O)(=O)NCC2CC2)c1-n1ccc2cccnc21. The van der Waals surface area contributed by atoms with E-state index in [-0.39, 0.29) is 0 Å². The van der Waals surface area contributed by atoms with Gasteiger partial charge in [0.05, 0.1) is 5.69 Å². The number of hydrogen-bond donors (Lipinski definition) is 2. The molecule has 5 rings (SSSR count). The van der Waals surface area contributed by atoms with Gasteiger partial charge in [0.1, 0.15) is 11.5 Å². The minimum atomic E-state index is -3.87. The van der Waals surface area contributed by atoms with E-state index >= 15 is 0 Å². The maximum Gasteiger partial charge on any atom is 0.301 e. The summed E-state index contributed by atoms with van der Waals surface area (Å²) < 4.78 is 32.3. The first kappa shape index (κ1) is 20.0. The monoisotopic (exact) mass is 440 g/mol. The van der Waals surface area contributed by atoms with Gasteiger partial charge in [-0.25, -0.2) is 9.71 Å². The van der Waals surface area contributed by atoms with Gasteiger partial charge >= 0.3 is 10.2 Å². The number of hydrogen-bond acceptors (Lipinski definition) is 5. The van der Waals surface area contributed by atoms with Crippen LogP contribution in [-0.2, 0) is 22.1 Å². The van der Waals surface area contributed by atoms with Crippen molar-refractivity contribution in [2.45, 2.75) is 31.6 Å². The molecule has 2 saturated carbocycles. The molecule has 0 spiro atoms. The highest BCUT2D eigenvalue weighted by Gasteiger charge is 2.31. The Bertz CT molecular complexity index is 1280. The summed E-state index contributed by atoms with van der Waals surface area (Å²) in [5.41, 5.74) is 2.50. The average Bonchev–Trinajstić information content (AvgIpc) is 3.65. The molecule has 0 atom stereocenters. The summed E-state index contributed by atoms with van der Waals surface area (Å²) in [4.78, 5) is 16.8. The molecule has 2 fully saturated rings. The molecule has 2 N–H and O–H groups in total. The Morgan fingerprint density at radius 2 is 2.06 bits per heavy atom. The van der Waals surface area contributed by atoms with E-state index < -0.39 is 16.1 Å². The fourth-order valence-electron chi connectivity index (χ4n) is 3.70. The zero-order valence-corrected chi connectivity index (χ0v) is 18.0. The van der Waals surface area contributed by atoms with Crippen molar-refractivity contribution in [2.24, 2.45) is 13.0 Å². The number of fused-ring (bicyclic) bond motifs is 1. The van der Waals surface area contributed by atoms with Crippen molar-refractivity contribution >= 4 is 33.2 Å². The highest BCUT2D eigenvalue weighted by molar-refractivity contribution is 7.88. The van der Waals surface area contributed by atoms with Crippen molar-refractivity contribution in [2.75, 3.05) is 6.54 Å². The Morgan fingerprint density at radius 1 is 1.26 bits per heavy atom. The lowest BCUT2D eigenvalue weighted by Crippen LogP contribution is -2.40. The van der Waals surface area contributed by atoms with E-state index in [9.17, 15) is 13.2 Å². The summed E-state index contributed by atoms with van der Waals surface area (Å²) in [6.45, 7) is 0.360. The number of pyridine rings is 1. The van der Waals surface area contributed by atoms with E-state index in [0.717, 1.165) is 53.8 Å². The lowest BCUT2D eigenvalue weighted by Gasteiger charge is -2.08. The molecular weight excluding hydrogens is 416 g/mol. The summed E-state index contributed by atoms with van der Waals surface area (Å²) in [6.07, 6.45) is 10.7. The van der Waals surface area contributed by atoms with E-state index in [1.165, 1.54) is 6.08 Å². The third-order valence-corrected chi connectivity index (χ3v) is 6.63. The third-order valence-electron chi connectivity index (χ3n) is 5.62. The molecule has 9 nitrogen and oxygen atoms in total. The largest absolute Gasteiger partial charge is 0.301 e. The Balaban J connectivity index is 1.45. The van der Waals surface area contributed by atoms with Crippen LogP contribution in [0.5, 0.6) is 0 Å². The van der Waals surface area contributed by atoms with E-state index in [4.69, 9.17) is 5.10 Å². The van der Waals surface area contributed by atoms with Gasteiger partial charge in [-0.1, -0.05) is 0 Å². The van der Waals surface area contributed by atoms with Gasteiger partial charge in [-0.15, -0.1) is 0 Å². The summed E-state index contributed by atoms with van der Waals surface area (Å²) in [5, 5.41) is 5.70. The van der Waals surface area contributed by atoms with Gasteiger partial charge in [-0.3, -0.25) is 14.0 Å². The second-order valence-electron chi connectivity index (χ2n) is 8.22. The highest BCUT2D eigenvalue weighted by atomic mass is 32.2. The molecule has 0 aliphatic heterocycles. The van der Waals surface area contributed by atoms with Crippen LogP contribution >= 0.6 is 0 Å². The molecule has 3 heterocycles. The number of carbonyl (C=O) groups is 1. The van der Waals surface area contributed by atoms with Crippen molar-refractivity contribution in [1.82, 2.24) is 28.8 Å². The molecule has 0 radical (unpaired) electrons. The molecule has 0 unspecified atom stereocenters. The van der Waals surface area contributed by atoms with Crippen LogP contribution in [0.25, 0.3) is 22.9 Å². The number of rotatable bonds is 8. The highest BCUT2D eigenvalue weighted by Crippen LogP contribution is 2.43. The van der Waals surface area contributed by atoms with Crippen molar-refractivity contribution in [1.29, 1.82) is 0 Å². The number of aromatic nitrogens is 4. The predicted octanol–water partition coefficient (Wildman–Crippen LogP) is 2.01. The number of aryl methyl sites for hydroxylation is 1. The van der Waals surface area contributed by atoms with Crippen LogP contribution in [0.1, 0.15) is 42.9 Å². The zero-order valence-electron chi connectivity index (χ0n) is 17.2. The second kappa shape index (κ2) is 7.61. The Hall–Kier alpha value is -2.98. The molecule has 0 aromatic carbocycles. The normalized spacial score (nSPS) is 16.9. The van der Waals surface area contributed by atoms with Gasteiger partial charge in [0.15, 0.2) is 0 Å². The quantitative estimate of drug-likeness (QED) is 0.521. The van der Waals surface area contributed by atoms with Crippen LogP contribution in [0, 0.1) is 5.92 Å². The van der Waals surface area contributed by atoms with Crippen LogP contribution in [0.3, 0.4) is 0 Å². The third kappa shape index (κ3) is 4.26. The van der Waals surface area contributed by atoms with Crippen molar-refractivity contribution in [3.8, 4) is 5.82 Å². The smallest absolute Gasteiger partial charge is 0.285 e. The lowest BCUT2D eigenvalue weighted by atomic mass is 10.1. The van der Waals surface area contributed by atoms with Crippen molar-refractivity contribution in [3.63, 3.8) is 0 Å². The summed E-state index contributed by atoms with van der Waals surface area (Å²) in [6, 6.07) is 5.85. The number of nitrogens with one attached hydrogen (secondary N) is 2. The lowest BCUT2D eigenvalue weighted by molar-refractivity contribution is -0.114. The number of amides is 1. The molecule has 0 bridgehead atoms. The first-order chi connectivity index (χ1) is 14.9. The van der Waals surface area contributed by atoms with Gasteiger partial charge in [0, 0.05) is 48.9 Å². The van der Waals surface area contributed by atoms with Crippen LogP contribution in [0.2, 0.25) is 0 Å². The zero-order chi connectivity index (χ0) is 21.6. The van der Waals surface area contributed by atoms with Crippen LogP contribution in [0.15, 0.2) is 36.7 Å². The fraction of sp³-hybridized carbons (Fsp3) is 0.381. The first-order valence-corrected chi connectivity index (χ1v) is 11.9. The van der Waals surface area contributed by atoms with Gasteiger partial charge in [-0.05, 0) is 55.9 Å². The maximum atomic E-state index is 12.3. The molecule has 3 aromatic heterocycles. The Kier molecular flexibility index (Phi) is 4.90. The number of nitrogens with zero attached hydrogens (tertiary/aromatic N) is 4. The predicted molar refractivity (Wildman–Crippen MR) is 117 cm³/mol. The summed E-state index contributed by atoms with van der Waals surface area (Å²) in [7, 11) is -2.01. The van der Waals surface area contributed by atoms with Crippen molar-refractivity contribution < 1.29 is 13.2 Å². The molecule has 31 heavy (non-hydrogen) atoms. The van der Waals surface area contributed by atoms with E-state index in [1.54, 1.807) is 17.0 Å². The molecule has 2 aliphatic carbocycles. The minimum absolute atomic E-state index is 0.349. The van der Waals surface area contributed by atoms with E-state index in [2.05, 4.69) is 14.4 Å². The number of carbonyl (C=O) groups excluding carboxylic acids is 1. The molecule has 1 amide bonds. The minimum Gasteiger partial charge on any atom is -0.285 e. The Morgan fingerprint density at radius 3 is 2.81 bits per heavy atom. The molecule has 3 aromatic rings. The molecule has 10 heteroatoms. The van der Waals surface area contributed by atoms with Crippen LogP contribution < -0.4 is 9.44 Å². The molecule has 162 valence electrons. The van der Waals surface area contributed by atoms with Crippen LogP contribution in [-0.4, -0.2) is 40.2 Å². The molecule has 2 aliphatic rings. The standard InChI is InChI=1S/C21H24N6O3S/c1-26-21(27-12-10-16-3-2-11-22-20(16)27)17(19(24-26)15-6-7-15)8-9-18(28)25-31(29,30)23-13-14-4-5-14/h2-3,8-12,14-15,23H,4-7,13H2,1H3,(H,25,28)/b9-8+. The van der Waals surface area contributed by atoms with Gasteiger partial charge < -0.3 is 0 Å². The topological polar surface area (TPSA) is 111 Å². The average molecular weight is 441 g/mol.